The molecule has 0 radical (unpaired) electrons. The number of benzene rings is 1. The summed E-state index contributed by atoms with van der Waals surface area (Å²) in [6.45, 7) is -0.428. The average Bonchev–Trinajstić information content (AvgIpc) is 2.42. The molecular formula is C12H15N3O4. The van der Waals surface area contributed by atoms with Gasteiger partial charge in [0, 0.05) is 12.7 Å². The molecule has 7 heteroatoms. The molecule has 102 valence electrons. The van der Waals surface area contributed by atoms with Crippen LogP contribution in [0.15, 0.2) is 18.2 Å². The zero-order valence-electron chi connectivity index (χ0n) is 10.4. The lowest BCUT2D eigenvalue weighted by Crippen LogP contribution is -2.38. The fraction of sp³-hybridized carbons (Fsp3) is 0.333. The van der Waals surface area contributed by atoms with Crippen molar-refractivity contribution >= 4 is 23.2 Å². The second kappa shape index (κ2) is 5.25. The van der Waals surface area contributed by atoms with Crippen molar-refractivity contribution in [1.29, 1.82) is 0 Å². The predicted molar refractivity (Wildman–Crippen MR) is 69.0 cm³/mol. The third kappa shape index (κ3) is 2.67. The van der Waals surface area contributed by atoms with Crippen molar-refractivity contribution in [3.8, 4) is 5.75 Å². The van der Waals surface area contributed by atoms with E-state index in [1.165, 1.54) is 4.90 Å². The van der Waals surface area contributed by atoms with Crippen LogP contribution in [0.5, 0.6) is 5.75 Å². The Morgan fingerprint density at radius 2 is 2.37 bits per heavy atom. The van der Waals surface area contributed by atoms with Crippen molar-refractivity contribution in [3.05, 3.63) is 18.2 Å². The van der Waals surface area contributed by atoms with Gasteiger partial charge in [0.2, 0.25) is 5.91 Å². The normalized spacial score (nSPS) is 15.5. The molecule has 1 aromatic carbocycles. The fourth-order valence-electron chi connectivity index (χ4n) is 1.67. The van der Waals surface area contributed by atoms with Gasteiger partial charge in [0.25, 0.3) is 5.91 Å². The molecule has 0 spiro atoms. The van der Waals surface area contributed by atoms with E-state index in [0.717, 1.165) is 0 Å². The van der Waals surface area contributed by atoms with Crippen molar-refractivity contribution in [2.45, 2.75) is 6.04 Å². The topological polar surface area (TPSA) is 105 Å². The van der Waals surface area contributed by atoms with E-state index in [1.54, 1.807) is 25.2 Å². The number of aliphatic hydroxyl groups excluding tert-OH is 1. The van der Waals surface area contributed by atoms with Crippen LogP contribution < -0.4 is 20.7 Å². The Morgan fingerprint density at radius 1 is 1.63 bits per heavy atom. The molecule has 0 fully saturated rings. The first-order valence-electron chi connectivity index (χ1n) is 5.73. The Hall–Kier alpha value is -2.12. The zero-order valence-corrected chi connectivity index (χ0v) is 10.4. The van der Waals surface area contributed by atoms with E-state index >= 15 is 0 Å². The summed E-state index contributed by atoms with van der Waals surface area (Å²) in [5.41, 5.74) is 6.46. The van der Waals surface area contributed by atoms with E-state index in [4.69, 9.17) is 15.6 Å². The van der Waals surface area contributed by atoms with Gasteiger partial charge in [0.15, 0.2) is 6.61 Å². The maximum atomic E-state index is 11.5. The molecule has 1 unspecified atom stereocenters. The molecule has 0 aromatic heterocycles. The number of ether oxygens (including phenoxy) is 1. The summed E-state index contributed by atoms with van der Waals surface area (Å²) in [7, 11) is 1.63. The number of rotatable bonds is 3. The number of nitrogens with two attached hydrogens (primary N) is 1. The number of hydrogen-bond donors (Lipinski definition) is 3. The van der Waals surface area contributed by atoms with Crippen molar-refractivity contribution in [3.63, 3.8) is 0 Å². The number of amides is 2. The van der Waals surface area contributed by atoms with Gasteiger partial charge < -0.3 is 25.8 Å². The van der Waals surface area contributed by atoms with Gasteiger partial charge in [-0.3, -0.25) is 9.59 Å². The summed E-state index contributed by atoms with van der Waals surface area (Å²) >= 11 is 0. The molecule has 0 bridgehead atoms. The molecule has 1 aliphatic rings. The molecule has 1 atom stereocenters. The van der Waals surface area contributed by atoms with Crippen LogP contribution in [0.25, 0.3) is 0 Å². The number of fused-ring (bicyclic) bond motifs is 1. The van der Waals surface area contributed by atoms with Crippen molar-refractivity contribution in [2.24, 2.45) is 5.73 Å². The van der Waals surface area contributed by atoms with Crippen LogP contribution in [-0.2, 0) is 9.59 Å². The second-order valence-corrected chi connectivity index (χ2v) is 4.20. The minimum absolute atomic E-state index is 0.00456. The highest BCUT2D eigenvalue weighted by Gasteiger charge is 2.22. The summed E-state index contributed by atoms with van der Waals surface area (Å²) < 4.78 is 5.27. The van der Waals surface area contributed by atoms with E-state index in [-0.39, 0.29) is 12.5 Å². The average molecular weight is 265 g/mol. The molecular weight excluding hydrogens is 250 g/mol. The van der Waals surface area contributed by atoms with E-state index in [2.05, 4.69) is 5.32 Å². The van der Waals surface area contributed by atoms with Crippen molar-refractivity contribution < 1.29 is 19.4 Å². The third-order valence-corrected chi connectivity index (χ3v) is 2.85. The van der Waals surface area contributed by atoms with Gasteiger partial charge in [-0.15, -0.1) is 0 Å². The highest BCUT2D eigenvalue weighted by Crippen LogP contribution is 2.33. The Kier molecular flexibility index (Phi) is 3.68. The minimum atomic E-state index is -0.980. The first kappa shape index (κ1) is 13.3. The summed E-state index contributed by atoms with van der Waals surface area (Å²) in [5, 5.41) is 11.4. The van der Waals surface area contributed by atoms with Crippen LogP contribution >= 0.6 is 0 Å². The van der Waals surface area contributed by atoms with E-state index in [0.29, 0.717) is 17.1 Å². The smallest absolute Gasteiger partial charge is 0.264 e. The molecule has 19 heavy (non-hydrogen) atoms. The van der Waals surface area contributed by atoms with Crippen LogP contribution in [0, 0.1) is 0 Å². The maximum Gasteiger partial charge on any atom is 0.264 e. The number of anilines is 2. The Morgan fingerprint density at radius 3 is 3.05 bits per heavy atom. The van der Waals surface area contributed by atoms with Crippen LogP contribution in [0.4, 0.5) is 11.4 Å². The van der Waals surface area contributed by atoms with Crippen LogP contribution in [0.2, 0.25) is 0 Å². The molecule has 4 N–H and O–H groups in total. The van der Waals surface area contributed by atoms with Crippen LogP contribution in [-0.4, -0.2) is 43.2 Å². The molecule has 2 amide bonds. The summed E-state index contributed by atoms with van der Waals surface area (Å²) in [4.78, 5) is 24.5. The Bertz CT molecular complexity index is 518. The van der Waals surface area contributed by atoms with Crippen LogP contribution in [0.1, 0.15) is 0 Å². The van der Waals surface area contributed by atoms with Gasteiger partial charge in [-0.2, -0.15) is 0 Å². The summed E-state index contributed by atoms with van der Waals surface area (Å²) in [5.74, 6) is -0.0808. The highest BCUT2D eigenvalue weighted by atomic mass is 16.5. The summed E-state index contributed by atoms with van der Waals surface area (Å²) in [6.07, 6.45) is 0. The fourth-order valence-corrected chi connectivity index (χ4v) is 1.67. The minimum Gasteiger partial charge on any atom is -0.482 e. The monoisotopic (exact) mass is 265 g/mol. The first-order valence-corrected chi connectivity index (χ1v) is 5.73. The molecule has 0 aliphatic carbocycles. The Balaban J connectivity index is 2.21. The van der Waals surface area contributed by atoms with E-state index < -0.39 is 18.6 Å². The number of carbonyl (C=O) groups excluding carboxylic acids is 2. The molecule has 2 rings (SSSR count). The number of likely N-dealkylation sites (N-methyl/N-ethyl adjacent to an activating group) is 1. The largest absolute Gasteiger partial charge is 0.482 e. The van der Waals surface area contributed by atoms with Gasteiger partial charge in [0.1, 0.15) is 11.8 Å². The lowest BCUT2D eigenvalue weighted by atomic mass is 10.2. The molecule has 7 nitrogen and oxygen atoms in total. The number of nitrogens with zero attached hydrogens (tertiary/aromatic N) is 1. The lowest BCUT2D eigenvalue weighted by Gasteiger charge is -2.26. The van der Waals surface area contributed by atoms with E-state index in [9.17, 15) is 9.59 Å². The number of hydrogen-bond acceptors (Lipinski definition) is 5. The maximum absolute atomic E-state index is 11.5. The van der Waals surface area contributed by atoms with Crippen molar-refractivity contribution in [2.75, 3.05) is 30.5 Å². The van der Waals surface area contributed by atoms with Gasteiger partial charge in [-0.05, 0) is 18.2 Å². The van der Waals surface area contributed by atoms with E-state index in [1.807, 2.05) is 0 Å². The van der Waals surface area contributed by atoms with Gasteiger partial charge in [-0.25, -0.2) is 0 Å². The zero-order chi connectivity index (χ0) is 14.0. The molecule has 1 heterocycles. The molecule has 0 saturated carbocycles. The lowest BCUT2D eigenvalue weighted by molar-refractivity contribution is -0.121. The molecule has 1 aliphatic heterocycles. The van der Waals surface area contributed by atoms with Crippen molar-refractivity contribution in [1.82, 2.24) is 0 Å². The molecule has 1 aromatic rings. The third-order valence-electron chi connectivity index (χ3n) is 2.85. The number of carbonyl (C=O) groups is 2. The number of aliphatic hydroxyl groups is 1. The van der Waals surface area contributed by atoms with Gasteiger partial charge in [-0.1, -0.05) is 0 Å². The Labute approximate surface area is 109 Å². The first-order chi connectivity index (χ1) is 9.02. The highest BCUT2D eigenvalue weighted by molar-refractivity contribution is 5.99. The standard InChI is InChI=1S/C12H15N3O4/c1-15-9-4-7(14-12(18)8(13)5-16)2-3-10(9)19-6-11(15)17/h2-4,8,16H,5-6,13H2,1H3,(H,14,18). The SMILES string of the molecule is CN1C(=O)COc2ccc(NC(=O)C(N)CO)cc21. The van der Waals surface area contributed by atoms with Gasteiger partial charge >= 0.3 is 0 Å². The predicted octanol–water partition coefficient (Wildman–Crippen LogP) is -0.700. The number of nitrogens with one attached hydrogen (secondary N) is 1. The second-order valence-electron chi connectivity index (χ2n) is 4.20. The summed E-state index contributed by atoms with van der Waals surface area (Å²) in [6, 6.07) is 3.95. The quantitative estimate of drug-likeness (QED) is 0.670. The molecule has 0 saturated heterocycles. The van der Waals surface area contributed by atoms with Gasteiger partial charge in [0.05, 0.1) is 12.3 Å². The van der Waals surface area contributed by atoms with Crippen LogP contribution in [0.3, 0.4) is 0 Å².